The number of β-amino-alcohol motifs (C(OH)–C–C–N with tert-alkyl or cyclic N) is 1. The summed E-state index contributed by atoms with van der Waals surface area (Å²) in [6.45, 7) is 1.48. The number of nitrogens with zero attached hydrogens (tertiary/aromatic N) is 2. The SMILES string of the molecule is COc1cc(-c2cc(-c3cccc4c3OCO4)cc(N3CCC(O)C3)n2)ccc1O. The van der Waals surface area contributed by atoms with Crippen molar-refractivity contribution >= 4 is 5.82 Å². The second-order valence-corrected chi connectivity index (χ2v) is 7.41. The second-order valence-electron chi connectivity index (χ2n) is 7.41. The van der Waals surface area contributed by atoms with Gasteiger partial charge in [-0.15, -0.1) is 0 Å². The summed E-state index contributed by atoms with van der Waals surface area (Å²) in [6, 6.07) is 15.0. The maximum absolute atomic E-state index is 10.0. The first kappa shape index (κ1) is 18.6. The van der Waals surface area contributed by atoms with Crippen molar-refractivity contribution in [2.75, 3.05) is 31.9 Å². The Kier molecular flexibility index (Phi) is 4.59. The van der Waals surface area contributed by atoms with Crippen molar-refractivity contribution in [2.24, 2.45) is 0 Å². The highest BCUT2D eigenvalue weighted by Crippen LogP contribution is 2.43. The number of para-hydroxylation sites is 1. The summed E-state index contributed by atoms with van der Waals surface area (Å²) >= 11 is 0. The van der Waals surface area contributed by atoms with E-state index in [1.54, 1.807) is 12.1 Å². The number of phenolic OH excluding ortho intramolecular Hbond substituents is 1. The maximum Gasteiger partial charge on any atom is 0.231 e. The molecule has 2 aliphatic heterocycles. The Bertz CT molecular complexity index is 1100. The largest absolute Gasteiger partial charge is 0.504 e. The number of aliphatic hydroxyl groups is 1. The average Bonchev–Trinajstić information content (AvgIpc) is 3.42. The van der Waals surface area contributed by atoms with Crippen LogP contribution in [0.4, 0.5) is 5.82 Å². The molecule has 0 saturated carbocycles. The lowest BCUT2D eigenvalue weighted by Gasteiger charge is -2.19. The van der Waals surface area contributed by atoms with Crippen molar-refractivity contribution in [1.82, 2.24) is 4.98 Å². The van der Waals surface area contributed by atoms with Crippen LogP contribution in [0.3, 0.4) is 0 Å². The molecule has 2 aliphatic rings. The van der Waals surface area contributed by atoms with Crippen LogP contribution in [0.1, 0.15) is 6.42 Å². The van der Waals surface area contributed by atoms with Crippen molar-refractivity contribution in [3.8, 4) is 45.4 Å². The molecule has 1 unspecified atom stereocenters. The van der Waals surface area contributed by atoms with Crippen LogP contribution in [0.5, 0.6) is 23.0 Å². The van der Waals surface area contributed by atoms with Gasteiger partial charge < -0.3 is 29.3 Å². The Balaban J connectivity index is 1.66. The number of aromatic hydroxyl groups is 1. The molecule has 1 saturated heterocycles. The predicted molar refractivity (Wildman–Crippen MR) is 112 cm³/mol. The maximum atomic E-state index is 10.0. The van der Waals surface area contributed by atoms with Crippen molar-refractivity contribution in [3.05, 3.63) is 48.5 Å². The topological polar surface area (TPSA) is 84.3 Å². The highest BCUT2D eigenvalue weighted by atomic mass is 16.7. The van der Waals surface area contributed by atoms with Crippen LogP contribution in [0.15, 0.2) is 48.5 Å². The first-order chi connectivity index (χ1) is 14.6. The summed E-state index contributed by atoms with van der Waals surface area (Å²) in [5, 5.41) is 20.0. The van der Waals surface area contributed by atoms with Crippen LogP contribution in [-0.2, 0) is 0 Å². The molecular formula is C23H22N2O5. The fraction of sp³-hybridized carbons (Fsp3) is 0.261. The Morgan fingerprint density at radius 3 is 2.80 bits per heavy atom. The minimum atomic E-state index is -0.356. The summed E-state index contributed by atoms with van der Waals surface area (Å²) in [6.07, 6.45) is 0.358. The number of aromatic nitrogens is 1. The number of phenols is 1. The van der Waals surface area contributed by atoms with Gasteiger partial charge in [0.1, 0.15) is 5.82 Å². The summed E-state index contributed by atoms with van der Waals surface area (Å²) < 4.78 is 16.5. The quantitative estimate of drug-likeness (QED) is 0.687. The van der Waals surface area contributed by atoms with E-state index in [9.17, 15) is 10.2 Å². The smallest absolute Gasteiger partial charge is 0.231 e. The lowest BCUT2D eigenvalue weighted by atomic mass is 10.0. The van der Waals surface area contributed by atoms with E-state index >= 15 is 0 Å². The minimum absolute atomic E-state index is 0.0757. The fourth-order valence-electron chi connectivity index (χ4n) is 3.93. The molecule has 5 rings (SSSR count). The first-order valence-electron chi connectivity index (χ1n) is 9.84. The first-order valence-corrected chi connectivity index (χ1v) is 9.84. The van der Waals surface area contributed by atoms with E-state index in [4.69, 9.17) is 19.2 Å². The molecule has 0 spiro atoms. The van der Waals surface area contributed by atoms with E-state index < -0.39 is 0 Å². The number of rotatable bonds is 4. The number of aliphatic hydroxyl groups excluding tert-OH is 1. The molecule has 0 amide bonds. The number of methoxy groups -OCH3 is 1. The molecule has 0 radical (unpaired) electrons. The van der Waals surface area contributed by atoms with Gasteiger partial charge in [-0.25, -0.2) is 4.98 Å². The second kappa shape index (κ2) is 7.42. The molecule has 1 aromatic heterocycles. The monoisotopic (exact) mass is 406 g/mol. The Labute approximate surface area is 174 Å². The summed E-state index contributed by atoms with van der Waals surface area (Å²) in [7, 11) is 1.52. The van der Waals surface area contributed by atoms with Crippen molar-refractivity contribution in [2.45, 2.75) is 12.5 Å². The number of hydrogen-bond donors (Lipinski definition) is 2. The molecule has 30 heavy (non-hydrogen) atoms. The number of pyridine rings is 1. The van der Waals surface area contributed by atoms with Gasteiger partial charge in [-0.2, -0.15) is 0 Å². The highest BCUT2D eigenvalue weighted by molar-refractivity contribution is 5.80. The van der Waals surface area contributed by atoms with Crippen LogP contribution in [0.25, 0.3) is 22.4 Å². The third-order valence-electron chi connectivity index (χ3n) is 5.48. The molecule has 2 N–H and O–H groups in total. The van der Waals surface area contributed by atoms with Crippen LogP contribution in [0, 0.1) is 0 Å². The van der Waals surface area contributed by atoms with Gasteiger partial charge >= 0.3 is 0 Å². The van der Waals surface area contributed by atoms with E-state index in [-0.39, 0.29) is 18.6 Å². The molecule has 0 bridgehead atoms. The van der Waals surface area contributed by atoms with Gasteiger partial charge in [-0.05, 0) is 48.4 Å². The van der Waals surface area contributed by atoms with Crippen LogP contribution < -0.4 is 19.1 Å². The highest BCUT2D eigenvalue weighted by Gasteiger charge is 2.24. The number of benzene rings is 2. The van der Waals surface area contributed by atoms with Gasteiger partial charge in [0.25, 0.3) is 0 Å². The van der Waals surface area contributed by atoms with Crippen LogP contribution in [0.2, 0.25) is 0 Å². The fourth-order valence-corrected chi connectivity index (χ4v) is 3.93. The number of anilines is 1. The Morgan fingerprint density at radius 2 is 2.00 bits per heavy atom. The number of hydrogen-bond acceptors (Lipinski definition) is 7. The molecule has 7 heteroatoms. The standard InChI is InChI=1S/C23H22N2O5/c1-28-21-10-14(5-6-19(21)27)18-9-15(11-22(24-18)25-8-7-16(26)12-25)17-3-2-4-20-23(17)30-13-29-20/h2-6,9-11,16,26-27H,7-8,12-13H2,1H3. The van der Waals surface area contributed by atoms with E-state index in [1.807, 2.05) is 36.4 Å². The van der Waals surface area contributed by atoms with E-state index in [1.165, 1.54) is 7.11 Å². The van der Waals surface area contributed by atoms with Crippen molar-refractivity contribution in [1.29, 1.82) is 0 Å². The molecular weight excluding hydrogens is 384 g/mol. The van der Waals surface area contributed by atoms with Gasteiger partial charge in [-0.3, -0.25) is 0 Å². The van der Waals surface area contributed by atoms with E-state index in [2.05, 4.69) is 4.90 Å². The predicted octanol–water partition coefficient (Wildman–Crippen LogP) is 3.43. The molecule has 1 atom stereocenters. The zero-order chi connectivity index (χ0) is 20.7. The van der Waals surface area contributed by atoms with Crippen molar-refractivity contribution in [3.63, 3.8) is 0 Å². The summed E-state index contributed by atoms with van der Waals surface area (Å²) in [4.78, 5) is 6.93. The molecule has 3 heterocycles. The zero-order valence-electron chi connectivity index (χ0n) is 16.5. The van der Waals surface area contributed by atoms with Gasteiger partial charge in [-0.1, -0.05) is 12.1 Å². The number of fused-ring (bicyclic) bond motifs is 1. The zero-order valence-corrected chi connectivity index (χ0v) is 16.5. The van der Waals surface area contributed by atoms with Gasteiger partial charge in [0, 0.05) is 24.2 Å². The minimum Gasteiger partial charge on any atom is -0.504 e. The van der Waals surface area contributed by atoms with Gasteiger partial charge in [0.15, 0.2) is 23.0 Å². The summed E-state index contributed by atoms with van der Waals surface area (Å²) in [5.41, 5.74) is 3.40. The summed E-state index contributed by atoms with van der Waals surface area (Å²) in [5.74, 6) is 2.67. The third kappa shape index (κ3) is 3.27. The van der Waals surface area contributed by atoms with Crippen molar-refractivity contribution < 1.29 is 24.4 Å². The molecule has 1 fully saturated rings. The molecule has 154 valence electrons. The molecule has 7 nitrogen and oxygen atoms in total. The Hall–Kier alpha value is -3.45. The van der Waals surface area contributed by atoms with Gasteiger partial charge in [0.2, 0.25) is 6.79 Å². The lowest BCUT2D eigenvalue weighted by Crippen LogP contribution is -2.22. The van der Waals surface area contributed by atoms with E-state index in [0.717, 1.165) is 40.5 Å². The van der Waals surface area contributed by atoms with E-state index in [0.29, 0.717) is 24.5 Å². The molecule has 3 aromatic rings. The average molecular weight is 406 g/mol. The normalized spacial score (nSPS) is 17.4. The van der Waals surface area contributed by atoms with Crippen LogP contribution in [-0.4, -0.2) is 48.3 Å². The number of ether oxygens (including phenoxy) is 3. The third-order valence-corrected chi connectivity index (χ3v) is 5.48. The van der Waals surface area contributed by atoms with Gasteiger partial charge in [0.05, 0.1) is 18.9 Å². The molecule has 2 aromatic carbocycles. The van der Waals surface area contributed by atoms with Crippen LogP contribution >= 0.6 is 0 Å². The lowest BCUT2D eigenvalue weighted by molar-refractivity contribution is 0.174. The molecule has 0 aliphatic carbocycles. The Morgan fingerprint density at radius 1 is 1.10 bits per heavy atom.